The molecule has 1 N–H and O–H groups in total. The van der Waals surface area contributed by atoms with Crippen molar-refractivity contribution in [1.82, 2.24) is 15.1 Å². The van der Waals surface area contributed by atoms with Crippen LogP contribution in [0.25, 0.3) is 0 Å². The molecule has 22 heavy (non-hydrogen) atoms. The Morgan fingerprint density at radius 2 is 2.05 bits per heavy atom. The first-order chi connectivity index (χ1) is 10.2. The Bertz CT molecular complexity index is 339. The van der Waals surface area contributed by atoms with Crippen LogP contribution in [0.2, 0.25) is 0 Å². The molecule has 0 bridgehead atoms. The molecule has 1 aliphatic rings. The highest BCUT2D eigenvalue weighted by molar-refractivity contribution is 5.68. The van der Waals surface area contributed by atoms with E-state index in [0.717, 1.165) is 26.1 Å². The molecule has 1 unspecified atom stereocenters. The summed E-state index contributed by atoms with van der Waals surface area (Å²) in [5, 5.41) is 3.58. The number of rotatable bonds is 7. The maximum absolute atomic E-state index is 12.2. The molecule has 0 aromatic carbocycles. The van der Waals surface area contributed by atoms with Crippen LogP contribution in [0.5, 0.6) is 0 Å². The molecule has 1 fully saturated rings. The van der Waals surface area contributed by atoms with Crippen molar-refractivity contribution in [2.45, 2.75) is 72.1 Å². The summed E-state index contributed by atoms with van der Waals surface area (Å²) in [6.07, 6.45) is 1.94. The Labute approximate surface area is 136 Å². The quantitative estimate of drug-likeness (QED) is 0.785. The van der Waals surface area contributed by atoms with Gasteiger partial charge in [0.25, 0.3) is 0 Å². The van der Waals surface area contributed by atoms with Gasteiger partial charge in [0.1, 0.15) is 5.60 Å². The first kappa shape index (κ1) is 19.2. The second-order valence-corrected chi connectivity index (χ2v) is 7.50. The molecular formula is C17H35N3O2. The van der Waals surface area contributed by atoms with Crippen molar-refractivity contribution in [3.63, 3.8) is 0 Å². The van der Waals surface area contributed by atoms with Crippen LogP contribution < -0.4 is 5.32 Å². The summed E-state index contributed by atoms with van der Waals surface area (Å²) in [6, 6.07) is 1.16. The van der Waals surface area contributed by atoms with Crippen LogP contribution in [0.1, 0.15) is 54.4 Å². The van der Waals surface area contributed by atoms with Crippen LogP contribution >= 0.6 is 0 Å². The zero-order valence-corrected chi connectivity index (χ0v) is 15.3. The topological polar surface area (TPSA) is 44.8 Å². The molecule has 5 heteroatoms. The lowest BCUT2D eigenvalue weighted by molar-refractivity contribution is 0.0250. The number of hydrogen-bond donors (Lipinski definition) is 1. The van der Waals surface area contributed by atoms with Crippen LogP contribution in [-0.4, -0.2) is 66.3 Å². The Morgan fingerprint density at radius 1 is 1.36 bits per heavy atom. The molecule has 130 valence electrons. The second kappa shape index (κ2) is 8.73. The summed E-state index contributed by atoms with van der Waals surface area (Å²) < 4.78 is 5.47. The van der Waals surface area contributed by atoms with Gasteiger partial charge < -0.3 is 15.0 Å². The molecule has 0 aromatic rings. The van der Waals surface area contributed by atoms with Gasteiger partial charge in [0.2, 0.25) is 0 Å². The smallest absolute Gasteiger partial charge is 0.410 e. The van der Waals surface area contributed by atoms with E-state index < -0.39 is 5.60 Å². The van der Waals surface area contributed by atoms with E-state index in [0.29, 0.717) is 18.6 Å². The van der Waals surface area contributed by atoms with Crippen molar-refractivity contribution in [2.24, 2.45) is 0 Å². The third-order valence-electron chi connectivity index (χ3n) is 3.91. The van der Waals surface area contributed by atoms with Crippen molar-refractivity contribution < 1.29 is 9.53 Å². The van der Waals surface area contributed by atoms with Crippen molar-refractivity contribution in [2.75, 3.05) is 32.7 Å². The maximum Gasteiger partial charge on any atom is 0.410 e. The highest BCUT2D eigenvalue weighted by Crippen LogP contribution is 2.13. The fourth-order valence-corrected chi connectivity index (χ4v) is 2.72. The van der Waals surface area contributed by atoms with Gasteiger partial charge in [-0.2, -0.15) is 0 Å². The first-order valence-electron chi connectivity index (χ1n) is 8.68. The Kier molecular flexibility index (Phi) is 7.63. The molecule has 1 aliphatic heterocycles. The van der Waals surface area contributed by atoms with Crippen molar-refractivity contribution >= 4 is 6.09 Å². The summed E-state index contributed by atoms with van der Waals surface area (Å²) in [6.45, 7) is 16.9. The third kappa shape index (κ3) is 6.97. The van der Waals surface area contributed by atoms with Gasteiger partial charge in [0.15, 0.2) is 0 Å². The lowest BCUT2D eigenvalue weighted by Gasteiger charge is -2.27. The highest BCUT2D eigenvalue weighted by atomic mass is 16.6. The molecule has 0 aliphatic carbocycles. The van der Waals surface area contributed by atoms with Gasteiger partial charge in [-0.15, -0.1) is 0 Å². The summed E-state index contributed by atoms with van der Waals surface area (Å²) in [4.78, 5) is 16.5. The molecule has 0 aromatic heterocycles. The second-order valence-electron chi connectivity index (χ2n) is 7.50. The number of hydrogen-bond acceptors (Lipinski definition) is 4. The minimum absolute atomic E-state index is 0.202. The van der Waals surface area contributed by atoms with Crippen molar-refractivity contribution in [1.29, 1.82) is 0 Å². The van der Waals surface area contributed by atoms with Gasteiger partial charge in [-0.3, -0.25) is 4.90 Å². The molecular weight excluding hydrogens is 278 g/mol. The number of ether oxygens (including phenoxy) is 1. The highest BCUT2D eigenvalue weighted by Gasteiger charge is 2.25. The number of carbonyl (C=O) groups excluding carboxylic acids is 1. The lowest BCUT2D eigenvalue weighted by atomic mass is 10.2. The van der Waals surface area contributed by atoms with E-state index >= 15 is 0 Å². The van der Waals surface area contributed by atoms with Gasteiger partial charge in [0, 0.05) is 38.3 Å². The molecule has 0 radical (unpaired) electrons. The van der Waals surface area contributed by atoms with Gasteiger partial charge in [-0.25, -0.2) is 4.79 Å². The lowest BCUT2D eigenvalue weighted by Crippen LogP contribution is -2.43. The predicted molar refractivity (Wildman–Crippen MR) is 91.2 cm³/mol. The number of carbonyl (C=O) groups is 1. The van der Waals surface area contributed by atoms with Crippen LogP contribution in [0.15, 0.2) is 0 Å². The van der Waals surface area contributed by atoms with E-state index in [4.69, 9.17) is 4.74 Å². The zero-order valence-electron chi connectivity index (χ0n) is 15.3. The molecule has 1 amide bonds. The van der Waals surface area contributed by atoms with Gasteiger partial charge in [-0.05, 0) is 54.0 Å². The normalized spacial score (nSPS) is 19.7. The Balaban J connectivity index is 2.34. The third-order valence-corrected chi connectivity index (χ3v) is 3.91. The number of nitrogens with one attached hydrogen (secondary N) is 1. The minimum atomic E-state index is -0.431. The van der Waals surface area contributed by atoms with E-state index in [1.165, 1.54) is 13.0 Å². The van der Waals surface area contributed by atoms with E-state index in [9.17, 15) is 4.79 Å². The number of amides is 1. The molecule has 1 atom stereocenters. The molecule has 1 rings (SSSR count). The first-order valence-corrected chi connectivity index (χ1v) is 8.68. The fourth-order valence-electron chi connectivity index (χ4n) is 2.72. The van der Waals surface area contributed by atoms with E-state index in [-0.39, 0.29) is 6.09 Å². The van der Waals surface area contributed by atoms with Crippen LogP contribution in [0.3, 0.4) is 0 Å². The van der Waals surface area contributed by atoms with Gasteiger partial charge >= 0.3 is 6.09 Å². The largest absolute Gasteiger partial charge is 0.444 e. The number of likely N-dealkylation sites (tertiary alicyclic amines) is 1. The minimum Gasteiger partial charge on any atom is -0.444 e. The molecule has 1 heterocycles. The molecule has 0 spiro atoms. The van der Waals surface area contributed by atoms with E-state index in [2.05, 4.69) is 31.0 Å². The average molecular weight is 313 g/mol. The SMILES string of the molecule is CCCN(CCNC1CCN(C(C)C)C1)C(=O)OC(C)(C)C. The van der Waals surface area contributed by atoms with Crippen LogP contribution in [0.4, 0.5) is 4.79 Å². The summed E-state index contributed by atoms with van der Waals surface area (Å²) in [5.74, 6) is 0. The summed E-state index contributed by atoms with van der Waals surface area (Å²) >= 11 is 0. The van der Waals surface area contributed by atoms with E-state index in [1.807, 2.05) is 25.7 Å². The van der Waals surface area contributed by atoms with Crippen molar-refractivity contribution in [3.8, 4) is 0 Å². The van der Waals surface area contributed by atoms with Crippen LogP contribution in [-0.2, 0) is 4.74 Å². The van der Waals surface area contributed by atoms with Gasteiger partial charge in [-0.1, -0.05) is 6.92 Å². The maximum atomic E-state index is 12.2. The Morgan fingerprint density at radius 3 is 2.55 bits per heavy atom. The summed E-state index contributed by atoms with van der Waals surface area (Å²) in [5.41, 5.74) is -0.431. The zero-order chi connectivity index (χ0) is 16.8. The Hall–Kier alpha value is -0.810. The van der Waals surface area contributed by atoms with E-state index in [1.54, 1.807) is 0 Å². The van der Waals surface area contributed by atoms with Crippen molar-refractivity contribution in [3.05, 3.63) is 0 Å². The average Bonchev–Trinajstić information content (AvgIpc) is 2.84. The number of nitrogens with zero attached hydrogens (tertiary/aromatic N) is 2. The van der Waals surface area contributed by atoms with Crippen LogP contribution in [0, 0.1) is 0 Å². The molecule has 5 nitrogen and oxygen atoms in total. The molecule has 0 saturated carbocycles. The summed E-state index contributed by atoms with van der Waals surface area (Å²) in [7, 11) is 0. The molecule has 1 saturated heterocycles. The monoisotopic (exact) mass is 313 g/mol. The van der Waals surface area contributed by atoms with Gasteiger partial charge in [0.05, 0.1) is 0 Å². The predicted octanol–water partition coefficient (Wildman–Crippen LogP) is 2.71. The fraction of sp³-hybridized carbons (Fsp3) is 0.941. The standard InChI is InChI=1S/C17H35N3O2/c1-7-10-19(16(21)22-17(4,5)6)12-9-18-15-8-11-20(13-15)14(2)3/h14-15,18H,7-13H2,1-6H3.